The third-order valence-corrected chi connectivity index (χ3v) is 9.52. The first-order valence-corrected chi connectivity index (χ1v) is 17.2. The average molecular weight is 737 g/mol. The lowest BCUT2D eigenvalue weighted by Gasteiger charge is -2.48. The topological polar surface area (TPSA) is 276 Å². The molecule has 3 aliphatic heterocycles. The molecule has 0 amide bonds. The molecule has 3 fully saturated rings. The van der Waals surface area contributed by atoms with Crippen LogP contribution in [0, 0.1) is 10.8 Å². The van der Waals surface area contributed by atoms with Gasteiger partial charge in [-0.2, -0.15) is 0 Å². The second-order valence-electron chi connectivity index (χ2n) is 14.4. The molecule has 0 aromatic carbocycles. The Morgan fingerprint density at radius 2 is 1.06 bits per heavy atom. The highest BCUT2D eigenvalue weighted by Crippen LogP contribution is 2.39. The lowest BCUT2D eigenvalue weighted by molar-refractivity contribution is -0.381. The Morgan fingerprint density at radius 3 is 1.57 bits per heavy atom. The molecule has 0 radical (unpaired) electrons. The van der Waals surface area contributed by atoms with E-state index in [4.69, 9.17) is 42.6 Å². The predicted molar refractivity (Wildman–Crippen MR) is 168 cm³/mol. The van der Waals surface area contributed by atoms with E-state index in [0.29, 0.717) is 13.0 Å². The SMILES string of the molecule is COCC1OC(OC2C(O)C(CO)OC(OC3C(O)C(CO)OC(OCCC(C)(C)CC(C)(C)CCOPO)C3O)C2O)C(O)C(O)C1O. The van der Waals surface area contributed by atoms with Crippen molar-refractivity contribution in [3.05, 3.63) is 0 Å². The first-order valence-electron chi connectivity index (χ1n) is 16.4. The molecular weight excluding hydrogens is 679 g/mol. The van der Waals surface area contributed by atoms with Crippen molar-refractivity contribution in [2.45, 2.75) is 139 Å². The van der Waals surface area contributed by atoms with Gasteiger partial charge in [0.15, 0.2) is 27.9 Å². The molecule has 0 bridgehead atoms. The zero-order valence-electron chi connectivity index (χ0n) is 28.6. The van der Waals surface area contributed by atoms with Crippen LogP contribution in [0.2, 0.25) is 0 Å². The maximum Gasteiger partial charge on any atom is 0.187 e. The van der Waals surface area contributed by atoms with Gasteiger partial charge in [-0.1, -0.05) is 27.7 Å². The van der Waals surface area contributed by atoms with Crippen molar-refractivity contribution in [2.75, 3.05) is 40.1 Å². The lowest BCUT2D eigenvalue weighted by Crippen LogP contribution is -2.67. The van der Waals surface area contributed by atoms with Crippen LogP contribution in [0.3, 0.4) is 0 Å². The Balaban J connectivity index is 1.70. The summed E-state index contributed by atoms with van der Waals surface area (Å²) in [4.78, 5) is 8.93. The number of ether oxygens (including phenoxy) is 7. The summed E-state index contributed by atoms with van der Waals surface area (Å²) in [5.41, 5.74) is -0.329. The van der Waals surface area contributed by atoms with E-state index in [1.807, 2.05) is 0 Å². The second kappa shape index (κ2) is 19.2. The third-order valence-electron chi connectivity index (χ3n) is 9.19. The van der Waals surface area contributed by atoms with Crippen molar-refractivity contribution in [2.24, 2.45) is 10.8 Å². The molecule has 0 aliphatic carbocycles. The molecule has 49 heavy (non-hydrogen) atoms. The molecule has 3 aliphatic rings. The predicted octanol–water partition coefficient (Wildman–Crippen LogP) is -3.15. The maximum absolute atomic E-state index is 11.2. The van der Waals surface area contributed by atoms with Crippen LogP contribution in [-0.2, 0) is 37.7 Å². The van der Waals surface area contributed by atoms with Crippen LogP contribution in [0.4, 0.5) is 0 Å². The number of rotatable bonds is 18. The van der Waals surface area contributed by atoms with Crippen LogP contribution in [-0.4, -0.2) is 183 Å². The Kier molecular flexibility index (Phi) is 16.9. The van der Waals surface area contributed by atoms with Crippen molar-refractivity contribution < 1.29 is 88.5 Å². The number of aliphatic hydroxyl groups is 9. The fourth-order valence-corrected chi connectivity index (χ4v) is 6.81. The smallest absolute Gasteiger partial charge is 0.187 e. The first-order chi connectivity index (χ1) is 23.0. The van der Waals surface area contributed by atoms with Crippen LogP contribution in [0.25, 0.3) is 0 Å². The van der Waals surface area contributed by atoms with Gasteiger partial charge in [0.25, 0.3) is 0 Å². The fraction of sp³-hybridized carbons (Fsp3) is 1.00. The van der Waals surface area contributed by atoms with Crippen LogP contribution in [0.1, 0.15) is 47.0 Å². The molecule has 3 rings (SSSR count). The minimum atomic E-state index is -1.89. The van der Waals surface area contributed by atoms with Crippen molar-refractivity contribution in [3.8, 4) is 0 Å². The standard InChI is InChI=1S/C30H57O18P/c1-29(2,13-30(3,4)7-9-43-49-40)6-8-42-26-22(38)24(18(34)14(10-31)44-26)48-28-23(39)25(19(35)15(11-32)45-28)47-27-21(37)20(36)17(33)16(46-27)12-41-5/h14-28,31-40,49H,6-13H2,1-5H3. The number of hydrogen-bond acceptors (Lipinski definition) is 18. The maximum atomic E-state index is 11.2. The van der Waals surface area contributed by atoms with Gasteiger partial charge in [0.05, 0.1) is 33.0 Å². The Labute approximate surface area is 287 Å². The van der Waals surface area contributed by atoms with Gasteiger partial charge in [-0.3, -0.25) is 0 Å². The lowest BCUT2D eigenvalue weighted by atomic mass is 9.72. The largest absolute Gasteiger partial charge is 0.394 e. The monoisotopic (exact) mass is 736 g/mol. The van der Waals surface area contributed by atoms with Crippen molar-refractivity contribution in [3.63, 3.8) is 0 Å². The van der Waals surface area contributed by atoms with Gasteiger partial charge in [-0.15, -0.1) is 0 Å². The summed E-state index contributed by atoms with van der Waals surface area (Å²) in [5, 5.41) is 95.1. The van der Waals surface area contributed by atoms with E-state index in [0.717, 1.165) is 12.8 Å². The van der Waals surface area contributed by atoms with E-state index in [1.165, 1.54) is 7.11 Å². The molecule has 10 N–H and O–H groups in total. The van der Waals surface area contributed by atoms with Crippen molar-refractivity contribution >= 4 is 9.03 Å². The summed E-state index contributed by atoms with van der Waals surface area (Å²) in [6.45, 7) is 7.17. The van der Waals surface area contributed by atoms with Crippen LogP contribution < -0.4 is 0 Å². The molecule has 0 spiro atoms. The van der Waals surface area contributed by atoms with E-state index in [2.05, 4.69) is 27.7 Å². The molecule has 0 aromatic rings. The van der Waals surface area contributed by atoms with Crippen molar-refractivity contribution in [1.29, 1.82) is 0 Å². The summed E-state index contributed by atoms with van der Waals surface area (Å²) in [6.07, 6.45) is -21.9. The van der Waals surface area contributed by atoms with Crippen LogP contribution >= 0.6 is 9.03 Å². The van der Waals surface area contributed by atoms with Gasteiger partial charge in [0.1, 0.15) is 73.2 Å². The number of hydrogen-bond donors (Lipinski definition) is 10. The summed E-state index contributed by atoms with van der Waals surface area (Å²) in [6, 6.07) is 0. The summed E-state index contributed by atoms with van der Waals surface area (Å²) < 4.78 is 44.2. The molecule has 18 nitrogen and oxygen atoms in total. The second-order valence-corrected chi connectivity index (χ2v) is 14.9. The Hall–Kier alpha value is -0.290. The van der Waals surface area contributed by atoms with Crippen LogP contribution in [0.5, 0.6) is 0 Å². The minimum absolute atomic E-state index is 0.106. The fourth-order valence-electron chi connectivity index (χ4n) is 6.62. The number of methoxy groups -OCH3 is 1. The third kappa shape index (κ3) is 11.4. The van der Waals surface area contributed by atoms with Gasteiger partial charge < -0.3 is 88.5 Å². The zero-order valence-corrected chi connectivity index (χ0v) is 29.6. The molecular formula is C30H57O18P. The summed E-state index contributed by atoms with van der Waals surface area (Å²) in [7, 11) is 0.751. The van der Waals surface area contributed by atoms with Crippen molar-refractivity contribution in [1.82, 2.24) is 0 Å². The molecule has 16 unspecified atom stereocenters. The summed E-state index contributed by atoms with van der Waals surface area (Å²) in [5.74, 6) is 0. The molecule has 3 saturated heterocycles. The molecule has 0 aromatic heterocycles. The Morgan fingerprint density at radius 1 is 0.592 bits per heavy atom. The van der Waals surface area contributed by atoms with E-state index < -0.39 is 114 Å². The average Bonchev–Trinajstić information content (AvgIpc) is 3.03. The highest BCUT2D eigenvalue weighted by Gasteiger charge is 2.54. The van der Waals surface area contributed by atoms with E-state index in [-0.39, 0.29) is 24.0 Å². The van der Waals surface area contributed by atoms with Crippen LogP contribution in [0.15, 0.2) is 0 Å². The van der Waals surface area contributed by atoms with Gasteiger partial charge in [0.2, 0.25) is 0 Å². The van der Waals surface area contributed by atoms with E-state index in [1.54, 1.807) is 0 Å². The summed E-state index contributed by atoms with van der Waals surface area (Å²) >= 11 is 0. The highest BCUT2D eigenvalue weighted by molar-refractivity contribution is 7.24. The molecule has 290 valence electrons. The van der Waals surface area contributed by atoms with Gasteiger partial charge in [-0.25, -0.2) is 0 Å². The van der Waals surface area contributed by atoms with Gasteiger partial charge >= 0.3 is 0 Å². The van der Waals surface area contributed by atoms with Gasteiger partial charge in [0, 0.05) is 7.11 Å². The normalized spacial score (nSPS) is 41.1. The number of aliphatic hydroxyl groups excluding tert-OH is 9. The van der Waals surface area contributed by atoms with Gasteiger partial charge in [-0.05, 0) is 30.1 Å². The Bertz CT molecular complexity index is 964. The first kappa shape index (κ1) is 43.1. The molecule has 19 heteroatoms. The van der Waals surface area contributed by atoms with E-state index >= 15 is 0 Å². The quantitative estimate of drug-likeness (QED) is 0.0491. The zero-order chi connectivity index (χ0) is 36.7. The highest BCUT2D eigenvalue weighted by atomic mass is 31.1. The minimum Gasteiger partial charge on any atom is -0.394 e. The molecule has 3 heterocycles. The molecule has 0 saturated carbocycles. The molecule has 16 atom stereocenters. The van der Waals surface area contributed by atoms with E-state index in [9.17, 15) is 46.0 Å².